The van der Waals surface area contributed by atoms with Gasteiger partial charge in [-0.2, -0.15) is 5.26 Å². The highest BCUT2D eigenvalue weighted by Crippen LogP contribution is 2.19. The molecule has 6 nitrogen and oxygen atoms in total. The first kappa shape index (κ1) is 22.6. The molecule has 0 saturated carbocycles. The number of carbonyl (C=O) groups is 1. The predicted octanol–water partition coefficient (Wildman–Crippen LogP) is 4.51. The second-order valence-corrected chi connectivity index (χ2v) is 8.26. The summed E-state index contributed by atoms with van der Waals surface area (Å²) in [6.45, 7) is 9.60. The smallest absolute Gasteiger partial charge is 0.262 e. The molecule has 31 heavy (non-hydrogen) atoms. The number of aromatic nitrogens is 2. The zero-order chi connectivity index (χ0) is 22.2. The number of carbonyl (C=O) groups excluding carboxylic acids is 1. The molecule has 164 valence electrons. The van der Waals surface area contributed by atoms with Crippen LogP contribution in [0.3, 0.4) is 0 Å². The van der Waals surface area contributed by atoms with Gasteiger partial charge in [0.25, 0.3) is 5.91 Å². The number of hydrogen-bond acceptors (Lipinski definition) is 4. The van der Waals surface area contributed by atoms with E-state index in [1.807, 2.05) is 31.3 Å². The second kappa shape index (κ2) is 10.8. The summed E-state index contributed by atoms with van der Waals surface area (Å²) < 4.78 is 2.22. The van der Waals surface area contributed by atoms with Crippen molar-refractivity contribution in [2.24, 2.45) is 0 Å². The minimum Gasteiger partial charge on any atom is -0.357 e. The van der Waals surface area contributed by atoms with Gasteiger partial charge in [0.2, 0.25) is 0 Å². The van der Waals surface area contributed by atoms with Crippen LogP contribution in [0.25, 0.3) is 6.08 Å². The van der Waals surface area contributed by atoms with Crippen LogP contribution in [-0.4, -0.2) is 28.5 Å². The molecule has 1 N–H and O–H groups in total. The van der Waals surface area contributed by atoms with E-state index in [-0.39, 0.29) is 11.5 Å². The fourth-order valence-corrected chi connectivity index (χ4v) is 4.13. The van der Waals surface area contributed by atoms with Crippen LogP contribution < -0.4 is 10.2 Å². The molecule has 0 radical (unpaired) electrons. The van der Waals surface area contributed by atoms with Crippen LogP contribution in [-0.2, 0) is 17.9 Å². The number of aryl methyl sites for hydroxylation is 1. The van der Waals surface area contributed by atoms with E-state index in [0.29, 0.717) is 6.54 Å². The summed E-state index contributed by atoms with van der Waals surface area (Å²) in [7, 11) is 0. The van der Waals surface area contributed by atoms with Gasteiger partial charge in [0.1, 0.15) is 17.5 Å². The summed E-state index contributed by atoms with van der Waals surface area (Å²) in [4.78, 5) is 19.5. The minimum atomic E-state index is -0.362. The molecule has 0 atom stereocenters. The molecule has 0 aromatic carbocycles. The van der Waals surface area contributed by atoms with E-state index >= 15 is 0 Å². The van der Waals surface area contributed by atoms with Gasteiger partial charge in [-0.3, -0.25) is 4.79 Å². The number of nitriles is 1. The third kappa shape index (κ3) is 5.75. The van der Waals surface area contributed by atoms with Crippen molar-refractivity contribution in [3.63, 3.8) is 0 Å². The summed E-state index contributed by atoms with van der Waals surface area (Å²) >= 11 is 0. The fourth-order valence-electron chi connectivity index (χ4n) is 4.13. The van der Waals surface area contributed by atoms with Crippen molar-refractivity contribution >= 4 is 17.8 Å². The Labute approximate surface area is 185 Å². The summed E-state index contributed by atoms with van der Waals surface area (Å²) in [5, 5.41) is 12.4. The molecule has 0 bridgehead atoms. The largest absolute Gasteiger partial charge is 0.357 e. The highest BCUT2D eigenvalue weighted by Gasteiger charge is 2.14. The van der Waals surface area contributed by atoms with E-state index < -0.39 is 0 Å². The molecule has 3 heterocycles. The van der Waals surface area contributed by atoms with Crippen LogP contribution in [0.1, 0.15) is 61.5 Å². The van der Waals surface area contributed by atoms with E-state index in [9.17, 15) is 10.1 Å². The Kier molecular flexibility index (Phi) is 7.88. The first-order valence-electron chi connectivity index (χ1n) is 11.3. The van der Waals surface area contributed by atoms with Crippen molar-refractivity contribution in [2.75, 3.05) is 18.0 Å². The lowest BCUT2D eigenvalue weighted by molar-refractivity contribution is -0.117. The summed E-state index contributed by atoms with van der Waals surface area (Å²) in [6, 6.07) is 8.10. The lowest BCUT2D eigenvalue weighted by Crippen LogP contribution is -2.25. The maximum Gasteiger partial charge on any atom is 0.262 e. The highest BCUT2D eigenvalue weighted by molar-refractivity contribution is 6.01. The van der Waals surface area contributed by atoms with Gasteiger partial charge in [0.15, 0.2) is 0 Å². The Bertz CT molecular complexity index is 957. The third-order valence-corrected chi connectivity index (χ3v) is 5.92. The molecule has 1 amide bonds. The second-order valence-electron chi connectivity index (χ2n) is 8.26. The molecule has 2 aromatic rings. The summed E-state index contributed by atoms with van der Waals surface area (Å²) in [5.41, 5.74) is 4.17. The topological polar surface area (TPSA) is 74.0 Å². The van der Waals surface area contributed by atoms with Crippen molar-refractivity contribution in [1.29, 1.82) is 5.26 Å². The SMILES string of the molecule is CCCn1c(C)cc(/C=C(\C#N)C(=O)NCc2ccc(N3CCCCCC3)nc2)c1C. The molecular weight excluding hydrogens is 386 g/mol. The van der Waals surface area contributed by atoms with Crippen molar-refractivity contribution in [2.45, 2.75) is 66.0 Å². The Morgan fingerprint density at radius 3 is 2.58 bits per heavy atom. The van der Waals surface area contributed by atoms with Gasteiger partial charge >= 0.3 is 0 Å². The number of nitrogens with one attached hydrogen (secondary N) is 1. The van der Waals surface area contributed by atoms with E-state index in [1.165, 1.54) is 25.7 Å². The lowest BCUT2D eigenvalue weighted by Gasteiger charge is -2.21. The first-order chi connectivity index (χ1) is 15.0. The van der Waals surface area contributed by atoms with Crippen LogP contribution in [0.2, 0.25) is 0 Å². The van der Waals surface area contributed by atoms with Crippen LogP contribution in [0.4, 0.5) is 5.82 Å². The number of anilines is 1. The summed E-state index contributed by atoms with van der Waals surface area (Å²) in [6.07, 6.45) is 9.54. The van der Waals surface area contributed by atoms with Crippen LogP contribution in [0.5, 0.6) is 0 Å². The third-order valence-electron chi connectivity index (χ3n) is 5.92. The van der Waals surface area contributed by atoms with E-state index in [2.05, 4.69) is 39.7 Å². The van der Waals surface area contributed by atoms with Crippen molar-refractivity contribution in [3.05, 3.63) is 52.5 Å². The van der Waals surface area contributed by atoms with Crippen molar-refractivity contribution in [1.82, 2.24) is 14.9 Å². The molecule has 3 rings (SSSR count). The van der Waals surface area contributed by atoms with Gasteiger partial charge in [-0.25, -0.2) is 4.98 Å². The molecule has 0 aliphatic carbocycles. The number of pyridine rings is 1. The average Bonchev–Trinajstić information content (AvgIpc) is 2.97. The lowest BCUT2D eigenvalue weighted by atomic mass is 10.1. The van der Waals surface area contributed by atoms with E-state index in [1.54, 1.807) is 6.08 Å². The van der Waals surface area contributed by atoms with Gasteiger partial charge in [0.05, 0.1) is 0 Å². The summed E-state index contributed by atoms with van der Waals surface area (Å²) in [5.74, 6) is 0.636. The molecule has 1 aliphatic rings. The molecule has 1 aliphatic heterocycles. The number of amides is 1. The Morgan fingerprint density at radius 1 is 1.23 bits per heavy atom. The fraction of sp³-hybridized carbons (Fsp3) is 0.480. The minimum absolute atomic E-state index is 0.117. The maximum atomic E-state index is 12.6. The average molecular weight is 420 g/mol. The predicted molar refractivity (Wildman–Crippen MR) is 125 cm³/mol. The molecule has 6 heteroatoms. The van der Waals surface area contributed by atoms with Gasteiger partial charge in [-0.05, 0) is 62.4 Å². The Hall–Kier alpha value is -3.07. The highest BCUT2D eigenvalue weighted by atomic mass is 16.1. The molecule has 0 spiro atoms. The van der Waals surface area contributed by atoms with Crippen LogP contribution in [0, 0.1) is 25.2 Å². The van der Waals surface area contributed by atoms with Gasteiger partial charge in [-0.1, -0.05) is 25.8 Å². The Morgan fingerprint density at radius 2 is 1.97 bits per heavy atom. The normalized spacial score (nSPS) is 14.8. The Balaban J connectivity index is 1.63. The van der Waals surface area contributed by atoms with Gasteiger partial charge in [0, 0.05) is 43.8 Å². The number of rotatable bonds is 7. The van der Waals surface area contributed by atoms with Crippen LogP contribution >= 0.6 is 0 Å². The molecular formula is C25H33N5O. The van der Waals surface area contributed by atoms with Crippen LogP contribution in [0.15, 0.2) is 30.0 Å². The maximum absolute atomic E-state index is 12.6. The first-order valence-corrected chi connectivity index (χ1v) is 11.3. The van der Waals surface area contributed by atoms with E-state index in [0.717, 1.165) is 54.4 Å². The van der Waals surface area contributed by atoms with Crippen molar-refractivity contribution in [3.8, 4) is 6.07 Å². The van der Waals surface area contributed by atoms with Gasteiger partial charge in [-0.15, -0.1) is 0 Å². The molecule has 2 aromatic heterocycles. The quantitative estimate of drug-likeness (QED) is 0.529. The standard InChI is InChI=1S/C25H33N5O/c1-4-11-30-19(2)14-22(20(30)3)15-23(16-26)25(31)28-18-21-9-10-24(27-17-21)29-12-7-5-6-8-13-29/h9-10,14-15,17H,4-8,11-13,18H2,1-3H3,(H,28,31)/b23-15+. The number of nitrogens with zero attached hydrogens (tertiary/aromatic N) is 4. The number of hydrogen-bond donors (Lipinski definition) is 1. The zero-order valence-corrected chi connectivity index (χ0v) is 18.9. The van der Waals surface area contributed by atoms with Gasteiger partial charge < -0.3 is 14.8 Å². The molecule has 0 unspecified atom stereocenters. The monoisotopic (exact) mass is 419 g/mol. The zero-order valence-electron chi connectivity index (χ0n) is 18.9. The molecule has 1 fully saturated rings. The molecule has 1 saturated heterocycles. The van der Waals surface area contributed by atoms with Crippen molar-refractivity contribution < 1.29 is 4.79 Å². The van der Waals surface area contributed by atoms with E-state index in [4.69, 9.17) is 0 Å².